The monoisotopic (exact) mass is 422 g/mol. The number of aromatic amines is 1. The van der Waals surface area contributed by atoms with Gasteiger partial charge in [0.05, 0.1) is 20.8 Å². The summed E-state index contributed by atoms with van der Waals surface area (Å²) in [6.07, 6.45) is 4.61. The van der Waals surface area contributed by atoms with Gasteiger partial charge in [0.25, 0.3) is 5.91 Å². The molecule has 2 N–H and O–H groups in total. The van der Waals surface area contributed by atoms with E-state index in [9.17, 15) is 4.79 Å². The van der Waals surface area contributed by atoms with E-state index in [0.717, 1.165) is 57.1 Å². The summed E-state index contributed by atoms with van der Waals surface area (Å²) in [6, 6.07) is 4.44. The highest BCUT2D eigenvalue weighted by Gasteiger charge is 2.27. The van der Waals surface area contributed by atoms with E-state index in [0.29, 0.717) is 5.92 Å². The van der Waals surface area contributed by atoms with Gasteiger partial charge in [-0.25, -0.2) is 9.50 Å². The van der Waals surface area contributed by atoms with Gasteiger partial charge in [-0.1, -0.05) is 13.8 Å². The summed E-state index contributed by atoms with van der Waals surface area (Å²) in [5.74, 6) is 0.424. The van der Waals surface area contributed by atoms with Gasteiger partial charge >= 0.3 is 0 Å². The van der Waals surface area contributed by atoms with Crippen molar-refractivity contribution in [2.75, 3.05) is 20.1 Å². The van der Waals surface area contributed by atoms with Crippen LogP contribution in [0.15, 0.2) is 24.7 Å². The number of pyridine rings is 1. The first-order valence-electron chi connectivity index (χ1n) is 10.4. The van der Waals surface area contributed by atoms with Gasteiger partial charge in [0.1, 0.15) is 6.33 Å². The number of carbonyl (C=O) groups is 1. The number of amides is 1. The second-order valence-corrected chi connectivity index (χ2v) is 9.48. The number of hydrogen-bond acceptors (Lipinski definition) is 5. The zero-order valence-electron chi connectivity index (χ0n) is 17.7. The molecule has 1 unspecified atom stereocenters. The Morgan fingerprint density at radius 1 is 1.37 bits per heavy atom. The first-order valence-corrected chi connectivity index (χ1v) is 11.2. The molecular formula is C22H26N6OS. The number of likely N-dealkylation sites (N-methyl/N-ethyl adjacent to an activating group) is 1. The van der Waals surface area contributed by atoms with Crippen LogP contribution in [0.4, 0.5) is 0 Å². The SMILES string of the molecule is Cc1cc(-c2[nH]c3cc(C(=O)N(C)C4CCNC4)sc3c2C(C)C)cn2ncnc12. The predicted molar refractivity (Wildman–Crippen MR) is 120 cm³/mol. The zero-order valence-corrected chi connectivity index (χ0v) is 18.5. The van der Waals surface area contributed by atoms with E-state index in [4.69, 9.17) is 0 Å². The van der Waals surface area contributed by atoms with Gasteiger partial charge in [0, 0.05) is 31.4 Å². The van der Waals surface area contributed by atoms with Crippen LogP contribution in [-0.4, -0.2) is 56.6 Å². The lowest BCUT2D eigenvalue weighted by atomic mass is 9.99. The molecule has 1 fully saturated rings. The molecule has 5 rings (SSSR count). The van der Waals surface area contributed by atoms with Crippen LogP contribution in [0.25, 0.3) is 27.1 Å². The molecule has 1 atom stereocenters. The average molecular weight is 423 g/mol. The zero-order chi connectivity index (χ0) is 21.0. The fraction of sp³-hybridized carbons (Fsp3) is 0.409. The summed E-state index contributed by atoms with van der Waals surface area (Å²) in [4.78, 5) is 23.7. The fourth-order valence-corrected chi connectivity index (χ4v) is 5.72. The number of carbonyl (C=O) groups excluding carboxylic acids is 1. The number of aromatic nitrogens is 4. The molecule has 0 spiro atoms. The molecule has 8 heteroatoms. The molecule has 0 aliphatic carbocycles. The average Bonchev–Trinajstić information content (AvgIpc) is 3.49. The van der Waals surface area contributed by atoms with Crippen molar-refractivity contribution in [3.8, 4) is 11.3 Å². The number of fused-ring (bicyclic) bond motifs is 2. The Labute approximate surface area is 179 Å². The van der Waals surface area contributed by atoms with Crippen LogP contribution in [-0.2, 0) is 0 Å². The minimum Gasteiger partial charge on any atom is -0.354 e. The molecule has 7 nitrogen and oxygen atoms in total. The van der Waals surface area contributed by atoms with Crippen molar-refractivity contribution in [2.45, 2.75) is 39.2 Å². The Hall–Kier alpha value is -2.71. The van der Waals surface area contributed by atoms with Crippen LogP contribution in [0.5, 0.6) is 0 Å². The third kappa shape index (κ3) is 3.02. The number of nitrogens with one attached hydrogen (secondary N) is 2. The number of H-pyrrole nitrogens is 1. The van der Waals surface area contributed by atoms with Crippen LogP contribution >= 0.6 is 11.3 Å². The van der Waals surface area contributed by atoms with Gasteiger partial charge in [-0.05, 0) is 49.1 Å². The topological polar surface area (TPSA) is 78.3 Å². The second kappa shape index (κ2) is 7.21. The van der Waals surface area contributed by atoms with E-state index >= 15 is 0 Å². The molecule has 4 aromatic heterocycles. The van der Waals surface area contributed by atoms with E-state index in [2.05, 4.69) is 47.2 Å². The first-order chi connectivity index (χ1) is 14.4. The molecule has 30 heavy (non-hydrogen) atoms. The summed E-state index contributed by atoms with van der Waals surface area (Å²) in [6.45, 7) is 8.30. The molecule has 0 bridgehead atoms. The van der Waals surface area contributed by atoms with Crippen molar-refractivity contribution >= 4 is 33.1 Å². The molecule has 0 saturated carbocycles. The highest BCUT2D eigenvalue weighted by atomic mass is 32.1. The molecule has 156 valence electrons. The number of rotatable bonds is 4. The van der Waals surface area contributed by atoms with E-state index in [1.165, 1.54) is 5.56 Å². The summed E-state index contributed by atoms with van der Waals surface area (Å²) in [5.41, 5.74) is 6.41. The van der Waals surface area contributed by atoms with Crippen molar-refractivity contribution in [1.29, 1.82) is 0 Å². The highest BCUT2D eigenvalue weighted by Crippen LogP contribution is 2.40. The Morgan fingerprint density at radius 3 is 2.93 bits per heavy atom. The Balaban J connectivity index is 1.58. The van der Waals surface area contributed by atoms with E-state index in [-0.39, 0.29) is 11.9 Å². The summed E-state index contributed by atoms with van der Waals surface area (Å²) in [7, 11) is 1.92. The third-order valence-electron chi connectivity index (χ3n) is 6.04. The van der Waals surface area contributed by atoms with E-state index in [1.54, 1.807) is 17.7 Å². The number of nitrogens with zero attached hydrogens (tertiary/aromatic N) is 4. The normalized spacial score (nSPS) is 16.9. The lowest BCUT2D eigenvalue weighted by Gasteiger charge is -2.23. The van der Waals surface area contributed by atoms with Gasteiger partial charge < -0.3 is 15.2 Å². The van der Waals surface area contributed by atoms with Gasteiger partial charge in [-0.2, -0.15) is 5.10 Å². The van der Waals surface area contributed by atoms with E-state index in [1.807, 2.05) is 28.7 Å². The Bertz CT molecular complexity index is 1240. The Kier molecular flexibility index (Phi) is 4.63. The minimum absolute atomic E-state index is 0.106. The summed E-state index contributed by atoms with van der Waals surface area (Å²) in [5, 5.41) is 7.65. The largest absolute Gasteiger partial charge is 0.354 e. The number of thiophene rings is 1. The number of hydrogen-bond donors (Lipinski definition) is 2. The van der Waals surface area contributed by atoms with E-state index < -0.39 is 0 Å². The molecule has 1 saturated heterocycles. The third-order valence-corrected chi connectivity index (χ3v) is 7.20. The molecule has 0 aromatic carbocycles. The molecule has 5 heterocycles. The van der Waals surface area contributed by atoms with Crippen molar-refractivity contribution in [2.24, 2.45) is 0 Å². The van der Waals surface area contributed by atoms with Gasteiger partial charge in [0.15, 0.2) is 5.65 Å². The number of aryl methyl sites for hydroxylation is 1. The van der Waals surface area contributed by atoms with Crippen LogP contribution in [0.2, 0.25) is 0 Å². The molecule has 0 radical (unpaired) electrons. The van der Waals surface area contributed by atoms with Crippen molar-refractivity contribution in [1.82, 2.24) is 29.8 Å². The van der Waals surface area contributed by atoms with Crippen LogP contribution in [0.3, 0.4) is 0 Å². The van der Waals surface area contributed by atoms with Crippen molar-refractivity contribution in [3.05, 3.63) is 40.7 Å². The van der Waals surface area contributed by atoms with Crippen LogP contribution < -0.4 is 5.32 Å². The summed E-state index contributed by atoms with van der Waals surface area (Å²) < 4.78 is 2.99. The molecule has 1 amide bonds. The van der Waals surface area contributed by atoms with Crippen molar-refractivity contribution < 1.29 is 4.79 Å². The van der Waals surface area contributed by atoms with Crippen LogP contribution in [0.1, 0.15) is 47.0 Å². The molecular weight excluding hydrogens is 396 g/mol. The summed E-state index contributed by atoms with van der Waals surface area (Å²) >= 11 is 1.59. The standard InChI is InChI=1S/C22H26N6OS/c1-12(2)18-19(14-7-13(3)21-24-11-25-28(21)10-14)26-16-8-17(30-20(16)18)22(29)27(4)15-5-6-23-9-15/h7-8,10-12,15,23,26H,5-6,9H2,1-4H3. The Morgan fingerprint density at radius 2 is 2.20 bits per heavy atom. The predicted octanol–water partition coefficient (Wildman–Crippen LogP) is 3.80. The van der Waals surface area contributed by atoms with Crippen LogP contribution in [0, 0.1) is 6.92 Å². The first kappa shape index (κ1) is 19.3. The maximum Gasteiger partial charge on any atom is 0.264 e. The second-order valence-electron chi connectivity index (χ2n) is 8.42. The smallest absolute Gasteiger partial charge is 0.264 e. The van der Waals surface area contributed by atoms with Crippen molar-refractivity contribution in [3.63, 3.8) is 0 Å². The molecule has 4 aromatic rings. The maximum atomic E-state index is 13.1. The van der Waals surface area contributed by atoms with Gasteiger partial charge in [0.2, 0.25) is 0 Å². The van der Waals surface area contributed by atoms with Gasteiger partial charge in [-0.3, -0.25) is 4.79 Å². The lowest BCUT2D eigenvalue weighted by Crippen LogP contribution is -2.37. The lowest BCUT2D eigenvalue weighted by molar-refractivity contribution is 0.0748. The quantitative estimate of drug-likeness (QED) is 0.524. The molecule has 1 aliphatic heterocycles. The maximum absolute atomic E-state index is 13.1. The highest BCUT2D eigenvalue weighted by molar-refractivity contribution is 7.21. The molecule has 1 aliphatic rings. The van der Waals surface area contributed by atoms with Gasteiger partial charge in [-0.15, -0.1) is 11.3 Å². The minimum atomic E-state index is 0.106. The fourth-order valence-electron chi connectivity index (χ4n) is 4.42.